The van der Waals surface area contributed by atoms with E-state index in [2.05, 4.69) is 21.2 Å². The largest absolute Gasteiger partial charge is 0.463 e. The number of hydrogen-bond donors (Lipinski definition) is 2. The second kappa shape index (κ2) is 7.49. The van der Waals surface area contributed by atoms with Gasteiger partial charge >= 0.3 is 0 Å². The smallest absolute Gasteiger partial charge is 0.282 e. The minimum Gasteiger partial charge on any atom is -0.463 e. The van der Waals surface area contributed by atoms with Crippen molar-refractivity contribution in [3.05, 3.63) is 59.3 Å². The quantitative estimate of drug-likeness (QED) is 0.818. The number of nitrogens with one attached hydrogen (secondary N) is 1. The van der Waals surface area contributed by atoms with Gasteiger partial charge in [-0.1, -0.05) is 18.1 Å². The lowest BCUT2D eigenvalue weighted by Crippen LogP contribution is -2.13. The Labute approximate surface area is 146 Å². The second-order valence-electron chi connectivity index (χ2n) is 5.70. The van der Waals surface area contributed by atoms with Crippen molar-refractivity contribution in [3.8, 4) is 12.3 Å². The van der Waals surface area contributed by atoms with E-state index < -0.39 is 0 Å². The number of amidine groups is 1. The van der Waals surface area contributed by atoms with Gasteiger partial charge in [-0.3, -0.25) is 4.79 Å². The van der Waals surface area contributed by atoms with E-state index in [1.165, 1.54) is 0 Å². The molecule has 1 aliphatic heterocycles. The number of pyridine rings is 1. The Morgan fingerprint density at radius 3 is 2.72 bits per heavy atom. The highest BCUT2D eigenvalue weighted by atomic mass is 16.5. The minimum atomic E-state index is -0.214. The molecule has 0 spiro atoms. The lowest BCUT2D eigenvalue weighted by molar-refractivity contribution is 0.102. The van der Waals surface area contributed by atoms with Crippen LogP contribution in [0.15, 0.2) is 47.6 Å². The Bertz CT molecular complexity index is 820. The standard InChI is InChI=1S/C19H18N4O2/c1-2-13-6-10-17(21-11-13)23-18(24)15-7-3-14(4-8-15)5-9-16-12-25-19(20)22-16/h1,3-4,6-8,10-11,16H,5,9,12H2,(H2,20,22)(H,21,23,24)/t16-/m0/s1. The molecular weight excluding hydrogens is 316 g/mol. The van der Waals surface area contributed by atoms with E-state index in [0.29, 0.717) is 23.6 Å². The molecule has 6 nitrogen and oxygen atoms in total. The van der Waals surface area contributed by atoms with Crippen LogP contribution in [0.3, 0.4) is 0 Å². The number of nitrogens with zero attached hydrogens (tertiary/aromatic N) is 2. The fourth-order valence-corrected chi connectivity index (χ4v) is 2.48. The molecule has 0 bridgehead atoms. The lowest BCUT2D eigenvalue weighted by Gasteiger charge is -2.07. The summed E-state index contributed by atoms with van der Waals surface area (Å²) in [6, 6.07) is 11.2. The van der Waals surface area contributed by atoms with Crippen molar-refractivity contribution in [1.29, 1.82) is 0 Å². The number of aryl methyl sites for hydroxylation is 1. The average molecular weight is 334 g/mol. The highest BCUT2D eigenvalue weighted by Crippen LogP contribution is 2.13. The van der Waals surface area contributed by atoms with Gasteiger partial charge in [0.25, 0.3) is 11.9 Å². The number of rotatable bonds is 5. The lowest BCUT2D eigenvalue weighted by atomic mass is 10.0. The first-order chi connectivity index (χ1) is 12.1. The number of nitrogens with two attached hydrogens (primary N) is 1. The van der Waals surface area contributed by atoms with Crippen LogP contribution in [0.1, 0.15) is 27.9 Å². The van der Waals surface area contributed by atoms with Crippen LogP contribution in [0.4, 0.5) is 5.82 Å². The van der Waals surface area contributed by atoms with E-state index >= 15 is 0 Å². The van der Waals surface area contributed by atoms with Crippen LogP contribution in [0.2, 0.25) is 0 Å². The minimum absolute atomic E-state index is 0.111. The normalized spacial score (nSPS) is 15.8. The molecule has 0 fully saturated rings. The number of anilines is 1. The van der Waals surface area contributed by atoms with Crippen molar-refractivity contribution in [2.24, 2.45) is 10.7 Å². The van der Waals surface area contributed by atoms with Crippen LogP contribution in [0, 0.1) is 12.3 Å². The highest BCUT2D eigenvalue weighted by molar-refractivity contribution is 6.03. The molecule has 1 atom stereocenters. The van der Waals surface area contributed by atoms with Gasteiger partial charge in [-0.2, -0.15) is 0 Å². The monoisotopic (exact) mass is 334 g/mol. The first kappa shape index (κ1) is 16.5. The third kappa shape index (κ3) is 4.36. The Hall–Kier alpha value is -3.33. The van der Waals surface area contributed by atoms with Crippen molar-refractivity contribution in [1.82, 2.24) is 4.98 Å². The number of benzene rings is 1. The molecule has 0 aliphatic carbocycles. The van der Waals surface area contributed by atoms with E-state index in [-0.39, 0.29) is 18.0 Å². The topological polar surface area (TPSA) is 89.6 Å². The Kier molecular flexibility index (Phi) is 4.95. The molecule has 25 heavy (non-hydrogen) atoms. The molecule has 3 N–H and O–H groups in total. The molecule has 0 saturated heterocycles. The van der Waals surface area contributed by atoms with Crippen molar-refractivity contribution in [2.45, 2.75) is 18.9 Å². The van der Waals surface area contributed by atoms with Crippen LogP contribution in [0.25, 0.3) is 0 Å². The zero-order chi connectivity index (χ0) is 17.6. The zero-order valence-corrected chi connectivity index (χ0v) is 13.6. The third-order valence-electron chi connectivity index (χ3n) is 3.89. The van der Waals surface area contributed by atoms with Crippen LogP contribution in [-0.4, -0.2) is 29.6 Å². The van der Waals surface area contributed by atoms with Crippen LogP contribution in [0.5, 0.6) is 0 Å². The molecule has 1 amide bonds. The molecule has 3 rings (SSSR count). The molecule has 2 heterocycles. The number of carbonyl (C=O) groups is 1. The number of terminal acetylenes is 1. The number of amides is 1. The zero-order valence-electron chi connectivity index (χ0n) is 13.6. The van der Waals surface area contributed by atoms with Gasteiger partial charge in [0, 0.05) is 17.3 Å². The molecule has 0 unspecified atom stereocenters. The summed E-state index contributed by atoms with van der Waals surface area (Å²) in [6.45, 7) is 0.539. The van der Waals surface area contributed by atoms with E-state index in [9.17, 15) is 4.79 Å². The highest BCUT2D eigenvalue weighted by Gasteiger charge is 2.16. The Morgan fingerprint density at radius 2 is 2.12 bits per heavy atom. The fraction of sp³-hybridized carbons (Fsp3) is 0.211. The summed E-state index contributed by atoms with van der Waals surface area (Å²) in [7, 11) is 0. The van der Waals surface area contributed by atoms with E-state index in [0.717, 1.165) is 18.4 Å². The molecule has 126 valence electrons. The summed E-state index contributed by atoms with van der Waals surface area (Å²) < 4.78 is 5.13. The third-order valence-corrected chi connectivity index (χ3v) is 3.89. The number of aromatic nitrogens is 1. The van der Waals surface area contributed by atoms with Gasteiger partial charge in [0.2, 0.25) is 0 Å². The van der Waals surface area contributed by atoms with Crippen LogP contribution in [-0.2, 0) is 11.2 Å². The number of ether oxygens (including phenoxy) is 1. The van der Waals surface area contributed by atoms with Crippen molar-refractivity contribution < 1.29 is 9.53 Å². The van der Waals surface area contributed by atoms with Gasteiger partial charge in [-0.05, 0) is 42.7 Å². The summed E-state index contributed by atoms with van der Waals surface area (Å²) >= 11 is 0. The van der Waals surface area contributed by atoms with Crippen molar-refractivity contribution >= 4 is 17.7 Å². The summed E-state index contributed by atoms with van der Waals surface area (Å²) in [5.41, 5.74) is 7.86. The molecule has 1 aliphatic rings. The molecule has 6 heteroatoms. The SMILES string of the molecule is C#Cc1ccc(NC(=O)c2ccc(CC[C@H]3COC(N)=N3)cc2)nc1. The first-order valence-electron chi connectivity index (χ1n) is 7.93. The maximum Gasteiger partial charge on any atom is 0.282 e. The van der Waals surface area contributed by atoms with Gasteiger partial charge in [-0.25, -0.2) is 9.98 Å². The summed E-state index contributed by atoms with van der Waals surface area (Å²) in [4.78, 5) is 20.5. The van der Waals surface area contributed by atoms with E-state index in [1.54, 1.807) is 30.5 Å². The van der Waals surface area contributed by atoms with Gasteiger partial charge in [0.1, 0.15) is 12.4 Å². The Balaban J connectivity index is 1.55. The molecule has 1 aromatic heterocycles. The van der Waals surface area contributed by atoms with Gasteiger partial charge in [-0.15, -0.1) is 6.42 Å². The maximum atomic E-state index is 12.2. The molecule has 0 saturated carbocycles. The van der Waals surface area contributed by atoms with Gasteiger partial charge in [0.15, 0.2) is 0 Å². The van der Waals surface area contributed by atoms with E-state index in [4.69, 9.17) is 16.9 Å². The molecule has 2 aromatic rings. The second-order valence-corrected chi connectivity index (χ2v) is 5.70. The van der Waals surface area contributed by atoms with Crippen molar-refractivity contribution in [3.63, 3.8) is 0 Å². The van der Waals surface area contributed by atoms with Gasteiger partial charge < -0.3 is 15.8 Å². The maximum absolute atomic E-state index is 12.2. The number of carbonyl (C=O) groups excluding carboxylic acids is 1. The first-order valence-corrected chi connectivity index (χ1v) is 7.93. The van der Waals surface area contributed by atoms with Crippen LogP contribution >= 0.6 is 0 Å². The fourth-order valence-electron chi connectivity index (χ4n) is 2.48. The average Bonchev–Trinajstić information content (AvgIpc) is 3.06. The summed E-state index contributed by atoms with van der Waals surface area (Å²) in [6.07, 6.45) is 8.53. The number of aliphatic imine (C=N–C) groups is 1. The number of hydrogen-bond acceptors (Lipinski definition) is 5. The predicted octanol–water partition coefficient (Wildman–Crippen LogP) is 1.96. The van der Waals surface area contributed by atoms with Crippen molar-refractivity contribution in [2.75, 3.05) is 11.9 Å². The summed E-state index contributed by atoms with van der Waals surface area (Å²) in [5, 5.41) is 2.74. The van der Waals surface area contributed by atoms with Crippen LogP contribution < -0.4 is 11.1 Å². The molecule has 0 radical (unpaired) electrons. The van der Waals surface area contributed by atoms with E-state index in [1.807, 2.05) is 12.1 Å². The Morgan fingerprint density at radius 1 is 1.32 bits per heavy atom. The molecule has 1 aromatic carbocycles. The molecular formula is C19H18N4O2. The predicted molar refractivity (Wildman–Crippen MR) is 96.3 cm³/mol. The summed E-state index contributed by atoms with van der Waals surface area (Å²) in [5.74, 6) is 2.73. The van der Waals surface area contributed by atoms with Gasteiger partial charge in [0.05, 0.1) is 6.04 Å².